The lowest BCUT2D eigenvalue weighted by Gasteiger charge is -2.34. The first-order valence-corrected chi connectivity index (χ1v) is 10.1. The summed E-state index contributed by atoms with van der Waals surface area (Å²) in [6, 6.07) is 9.99. The highest BCUT2D eigenvalue weighted by atomic mass is 16.1. The molecule has 3 rings (SSSR count). The number of nitrogens with one attached hydrogen (secondary N) is 1. The maximum atomic E-state index is 12.6. The Morgan fingerprint density at radius 1 is 1.14 bits per heavy atom. The van der Waals surface area contributed by atoms with Crippen LogP contribution in [0.4, 0.5) is 17.1 Å². The number of hydrogen-bond donors (Lipinski definition) is 1. The molecular formula is C22H31N5O. The molecule has 1 fully saturated rings. The van der Waals surface area contributed by atoms with E-state index >= 15 is 0 Å². The summed E-state index contributed by atoms with van der Waals surface area (Å²) in [4.78, 5) is 23.7. The first-order chi connectivity index (χ1) is 13.6. The molecule has 2 aromatic rings. The van der Waals surface area contributed by atoms with Crippen molar-refractivity contribution in [2.24, 2.45) is 0 Å². The number of hydrogen-bond acceptors (Lipinski definition) is 5. The highest BCUT2D eigenvalue weighted by Crippen LogP contribution is 2.20. The lowest BCUT2D eigenvalue weighted by Crippen LogP contribution is -2.44. The van der Waals surface area contributed by atoms with Crippen LogP contribution in [0.3, 0.4) is 0 Å². The smallest absolute Gasteiger partial charge is 0.257 e. The number of pyridine rings is 1. The van der Waals surface area contributed by atoms with Gasteiger partial charge >= 0.3 is 0 Å². The Hall–Kier alpha value is -2.60. The fourth-order valence-corrected chi connectivity index (χ4v) is 3.31. The Morgan fingerprint density at radius 2 is 1.86 bits per heavy atom. The van der Waals surface area contributed by atoms with Gasteiger partial charge < -0.3 is 20.0 Å². The van der Waals surface area contributed by atoms with E-state index in [1.807, 2.05) is 25.2 Å². The molecule has 0 atom stereocenters. The molecule has 1 aliphatic heterocycles. The van der Waals surface area contributed by atoms with Gasteiger partial charge in [-0.2, -0.15) is 0 Å². The van der Waals surface area contributed by atoms with Gasteiger partial charge in [0.1, 0.15) is 0 Å². The van der Waals surface area contributed by atoms with Crippen molar-refractivity contribution in [1.29, 1.82) is 0 Å². The quantitative estimate of drug-likeness (QED) is 0.797. The number of amides is 1. The number of anilines is 3. The fourth-order valence-electron chi connectivity index (χ4n) is 3.31. The van der Waals surface area contributed by atoms with E-state index in [-0.39, 0.29) is 5.91 Å². The predicted octanol–water partition coefficient (Wildman–Crippen LogP) is 3.32. The summed E-state index contributed by atoms with van der Waals surface area (Å²) in [5.74, 6) is -0.134. The predicted molar refractivity (Wildman–Crippen MR) is 117 cm³/mol. The van der Waals surface area contributed by atoms with E-state index < -0.39 is 0 Å². The Labute approximate surface area is 168 Å². The van der Waals surface area contributed by atoms with Crippen molar-refractivity contribution in [3.05, 3.63) is 48.3 Å². The lowest BCUT2D eigenvalue weighted by molar-refractivity contribution is 0.102. The number of rotatable bonds is 7. The van der Waals surface area contributed by atoms with Crippen molar-refractivity contribution in [2.75, 3.05) is 61.9 Å². The zero-order valence-electron chi connectivity index (χ0n) is 17.2. The molecule has 0 radical (unpaired) electrons. The SMILES string of the molecule is CCCCN(C)c1cncc(C(=O)Nc2ccc(N3CCN(C)CC3)cc2)c1. The summed E-state index contributed by atoms with van der Waals surface area (Å²) in [6.45, 7) is 7.35. The monoisotopic (exact) mass is 381 g/mol. The zero-order valence-corrected chi connectivity index (χ0v) is 17.2. The molecule has 2 heterocycles. The van der Waals surface area contributed by atoms with E-state index in [1.54, 1.807) is 12.4 Å². The minimum atomic E-state index is -0.134. The van der Waals surface area contributed by atoms with Crippen molar-refractivity contribution in [2.45, 2.75) is 19.8 Å². The van der Waals surface area contributed by atoms with Crippen LogP contribution in [0.15, 0.2) is 42.7 Å². The van der Waals surface area contributed by atoms with Gasteiger partial charge in [0.05, 0.1) is 17.4 Å². The van der Waals surface area contributed by atoms with Gasteiger partial charge in [0.2, 0.25) is 0 Å². The van der Waals surface area contributed by atoms with Crippen LogP contribution in [-0.4, -0.2) is 62.6 Å². The molecule has 6 heteroatoms. The maximum absolute atomic E-state index is 12.6. The van der Waals surface area contributed by atoms with E-state index in [2.05, 4.69) is 51.1 Å². The highest BCUT2D eigenvalue weighted by Gasteiger charge is 2.14. The summed E-state index contributed by atoms with van der Waals surface area (Å²) in [7, 11) is 4.19. The molecule has 6 nitrogen and oxygen atoms in total. The molecule has 150 valence electrons. The van der Waals surface area contributed by atoms with Crippen LogP contribution in [0.2, 0.25) is 0 Å². The third kappa shape index (κ3) is 5.23. The van der Waals surface area contributed by atoms with Gasteiger partial charge in [-0.1, -0.05) is 13.3 Å². The number of aromatic nitrogens is 1. The van der Waals surface area contributed by atoms with Crippen molar-refractivity contribution in [3.8, 4) is 0 Å². The van der Waals surface area contributed by atoms with Crippen molar-refractivity contribution in [3.63, 3.8) is 0 Å². The van der Waals surface area contributed by atoms with Crippen LogP contribution in [0.1, 0.15) is 30.1 Å². The summed E-state index contributed by atoms with van der Waals surface area (Å²) in [5.41, 5.74) is 3.54. The standard InChI is InChI=1S/C22H31N5O/c1-4-5-10-26(3)21-15-18(16-23-17-21)22(28)24-19-6-8-20(9-7-19)27-13-11-25(2)12-14-27/h6-9,15-17H,4-5,10-14H2,1-3H3,(H,24,28). The molecule has 1 amide bonds. The maximum Gasteiger partial charge on any atom is 0.257 e. The van der Waals surface area contributed by atoms with Crippen molar-refractivity contribution >= 4 is 23.0 Å². The summed E-state index contributed by atoms with van der Waals surface area (Å²) in [6.07, 6.45) is 5.68. The number of piperazine rings is 1. The highest BCUT2D eigenvalue weighted by molar-refractivity contribution is 6.04. The minimum absolute atomic E-state index is 0.134. The van der Waals surface area contributed by atoms with E-state index in [4.69, 9.17) is 0 Å². The summed E-state index contributed by atoms with van der Waals surface area (Å²) in [5, 5.41) is 2.98. The lowest BCUT2D eigenvalue weighted by atomic mass is 10.2. The normalized spacial score (nSPS) is 14.8. The average molecular weight is 382 g/mol. The third-order valence-electron chi connectivity index (χ3n) is 5.27. The number of nitrogens with zero attached hydrogens (tertiary/aromatic N) is 4. The molecule has 0 aliphatic carbocycles. The molecule has 0 bridgehead atoms. The number of likely N-dealkylation sites (N-methyl/N-ethyl adjacent to an activating group) is 1. The Balaban J connectivity index is 1.61. The molecule has 1 aromatic heterocycles. The van der Waals surface area contributed by atoms with E-state index in [9.17, 15) is 4.79 Å². The summed E-state index contributed by atoms with van der Waals surface area (Å²) >= 11 is 0. The first kappa shape index (κ1) is 20.1. The van der Waals surface area contributed by atoms with Crippen LogP contribution >= 0.6 is 0 Å². The van der Waals surface area contributed by atoms with Gasteiger partial charge in [-0.05, 0) is 43.8 Å². The van der Waals surface area contributed by atoms with Crippen LogP contribution in [0.5, 0.6) is 0 Å². The fraction of sp³-hybridized carbons (Fsp3) is 0.455. The largest absolute Gasteiger partial charge is 0.373 e. The van der Waals surface area contributed by atoms with E-state index in [0.717, 1.165) is 56.9 Å². The molecular weight excluding hydrogens is 350 g/mol. The summed E-state index contributed by atoms with van der Waals surface area (Å²) < 4.78 is 0. The molecule has 1 aromatic carbocycles. The topological polar surface area (TPSA) is 51.7 Å². The molecule has 0 spiro atoms. The van der Waals surface area contributed by atoms with Crippen LogP contribution in [0.25, 0.3) is 0 Å². The van der Waals surface area contributed by atoms with Gasteiger partial charge in [0.15, 0.2) is 0 Å². The average Bonchev–Trinajstić information content (AvgIpc) is 2.73. The molecule has 1 aliphatic rings. The van der Waals surface area contributed by atoms with E-state index in [1.165, 1.54) is 5.69 Å². The van der Waals surface area contributed by atoms with Gasteiger partial charge in [-0.25, -0.2) is 0 Å². The first-order valence-electron chi connectivity index (χ1n) is 10.1. The van der Waals surface area contributed by atoms with Gasteiger partial charge in [0.25, 0.3) is 5.91 Å². The molecule has 28 heavy (non-hydrogen) atoms. The van der Waals surface area contributed by atoms with Gasteiger partial charge in [-0.15, -0.1) is 0 Å². The molecule has 0 saturated carbocycles. The van der Waals surface area contributed by atoms with E-state index in [0.29, 0.717) is 5.56 Å². The number of carbonyl (C=O) groups is 1. The van der Waals surface area contributed by atoms with Crippen molar-refractivity contribution < 1.29 is 4.79 Å². The number of benzene rings is 1. The minimum Gasteiger partial charge on any atom is -0.373 e. The number of unbranched alkanes of at least 4 members (excludes halogenated alkanes) is 1. The third-order valence-corrected chi connectivity index (χ3v) is 5.27. The number of carbonyl (C=O) groups excluding carboxylic acids is 1. The molecule has 1 saturated heterocycles. The second-order valence-electron chi connectivity index (χ2n) is 7.50. The Bertz CT molecular complexity index is 769. The second-order valence-corrected chi connectivity index (χ2v) is 7.50. The van der Waals surface area contributed by atoms with Crippen LogP contribution in [0, 0.1) is 0 Å². The zero-order chi connectivity index (χ0) is 19.9. The van der Waals surface area contributed by atoms with Gasteiger partial charge in [0, 0.05) is 57.3 Å². The molecule has 1 N–H and O–H groups in total. The Morgan fingerprint density at radius 3 is 2.54 bits per heavy atom. The van der Waals surface area contributed by atoms with Crippen LogP contribution < -0.4 is 15.1 Å². The second kappa shape index (κ2) is 9.55. The Kier molecular flexibility index (Phi) is 6.87. The van der Waals surface area contributed by atoms with Crippen LogP contribution in [-0.2, 0) is 0 Å². The van der Waals surface area contributed by atoms with Gasteiger partial charge in [-0.3, -0.25) is 9.78 Å². The van der Waals surface area contributed by atoms with Crippen molar-refractivity contribution in [1.82, 2.24) is 9.88 Å². The molecule has 0 unspecified atom stereocenters.